The quantitative estimate of drug-likeness (QED) is 0.906. The lowest BCUT2D eigenvalue weighted by molar-refractivity contribution is 0.113. The third-order valence-corrected chi connectivity index (χ3v) is 4.56. The molecular formula is C12H22N4OS. The lowest BCUT2D eigenvalue weighted by Crippen LogP contribution is -2.38. The van der Waals surface area contributed by atoms with Crippen molar-refractivity contribution in [1.29, 1.82) is 0 Å². The largest absolute Gasteiger partial charge is 0.374 e. The molecule has 1 saturated carbocycles. The van der Waals surface area contributed by atoms with Gasteiger partial charge in [0.05, 0.1) is 0 Å². The van der Waals surface area contributed by atoms with Crippen LogP contribution in [-0.4, -0.2) is 35.6 Å². The third kappa shape index (κ3) is 2.99. The van der Waals surface area contributed by atoms with Gasteiger partial charge in [0, 0.05) is 37.8 Å². The van der Waals surface area contributed by atoms with Crippen LogP contribution in [0.4, 0.5) is 5.13 Å². The molecule has 1 aromatic heterocycles. The molecule has 1 unspecified atom stereocenters. The molecule has 0 radical (unpaired) electrons. The van der Waals surface area contributed by atoms with Crippen LogP contribution in [-0.2, 0) is 4.74 Å². The minimum absolute atomic E-state index is 0.0387. The molecule has 0 spiro atoms. The molecule has 1 atom stereocenters. The van der Waals surface area contributed by atoms with Crippen molar-refractivity contribution in [3.63, 3.8) is 0 Å². The first-order valence-electron chi connectivity index (χ1n) is 6.46. The van der Waals surface area contributed by atoms with Gasteiger partial charge >= 0.3 is 0 Å². The Labute approximate surface area is 113 Å². The van der Waals surface area contributed by atoms with Crippen LogP contribution in [0.5, 0.6) is 0 Å². The summed E-state index contributed by atoms with van der Waals surface area (Å²) in [4.78, 5) is 6.80. The van der Waals surface area contributed by atoms with Crippen molar-refractivity contribution in [2.24, 2.45) is 5.73 Å². The number of nitrogens with two attached hydrogens (primary N) is 1. The van der Waals surface area contributed by atoms with Gasteiger partial charge in [0.1, 0.15) is 6.10 Å². The van der Waals surface area contributed by atoms with Gasteiger partial charge in [0.15, 0.2) is 5.82 Å². The molecule has 5 nitrogen and oxygen atoms in total. The lowest BCUT2D eigenvalue weighted by atomic mass is 9.91. The van der Waals surface area contributed by atoms with E-state index in [-0.39, 0.29) is 6.10 Å². The molecule has 0 aromatic carbocycles. The molecule has 2 rings (SSSR count). The minimum atomic E-state index is -0.0387. The van der Waals surface area contributed by atoms with Crippen LogP contribution in [0.15, 0.2) is 0 Å². The highest BCUT2D eigenvalue weighted by Gasteiger charge is 2.24. The predicted octanol–water partition coefficient (Wildman–Crippen LogP) is 1.95. The summed E-state index contributed by atoms with van der Waals surface area (Å²) in [6.07, 6.45) is 4.46. The van der Waals surface area contributed by atoms with Crippen LogP contribution >= 0.6 is 11.5 Å². The highest BCUT2D eigenvalue weighted by atomic mass is 32.1. The molecule has 0 bridgehead atoms. The molecule has 1 fully saturated rings. The van der Waals surface area contributed by atoms with E-state index in [0.29, 0.717) is 12.1 Å². The van der Waals surface area contributed by atoms with Crippen LogP contribution in [0.2, 0.25) is 0 Å². The van der Waals surface area contributed by atoms with E-state index in [1.165, 1.54) is 11.5 Å². The first-order chi connectivity index (χ1) is 8.61. The molecule has 0 aliphatic heterocycles. The van der Waals surface area contributed by atoms with Gasteiger partial charge in [0.2, 0.25) is 5.13 Å². The van der Waals surface area contributed by atoms with Crippen molar-refractivity contribution >= 4 is 16.7 Å². The van der Waals surface area contributed by atoms with Crippen molar-refractivity contribution in [3.8, 4) is 0 Å². The Morgan fingerprint density at radius 2 is 2.06 bits per heavy atom. The molecule has 1 heterocycles. The van der Waals surface area contributed by atoms with E-state index in [0.717, 1.165) is 36.6 Å². The van der Waals surface area contributed by atoms with Gasteiger partial charge < -0.3 is 15.4 Å². The standard InChI is InChI=1S/C12H22N4OS/c1-8(17-3)11-14-12(18-15-11)16(2)10-6-4-9(13)5-7-10/h8-10H,4-7,13H2,1-3H3. The van der Waals surface area contributed by atoms with Crippen LogP contribution < -0.4 is 10.6 Å². The van der Waals surface area contributed by atoms with Gasteiger partial charge in [-0.2, -0.15) is 4.37 Å². The van der Waals surface area contributed by atoms with Crippen LogP contribution in [0.3, 0.4) is 0 Å². The van der Waals surface area contributed by atoms with Crippen molar-refractivity contribution in [2.75, 3.05) is 19.1 Å². The number of anilines is 1. The van der Waals surface area contributed by atoms with Crippen molar-refractivity contribution in [1.82, 2.24) is 9.36 Å². The molecule has 1 aromatic rings. The smallest absolute Gasteiger partial charge is 0.205 e. The van der Waals surface area contributed by atoms with Gasteiger partial charge in [-0.25, -0.2) is 4.98 Å². The molecule has 102 valence electrons. The lowest BCUT2D eigenvalue weighted by Gasteiger charge is -2.33. The van der Waals surface area contributed by atoms with Crippen molar-refractivity contribution in [2.45, 2.75) is 50.8 Å². The summed E-state index contributed by atoms with van der Waals surface area (Å²) < 4.78 is 9.59. The molecule has 0 saturated heterocycles. The zero-order chi connectivity index (χ0) is 13.1. The van der Waals surface area contributed by atoms with E-state index in [2.05, 4.69) is 21.3 Å². The third-order valence-electron chi connectivity index (χ3n) is 3.74. The van der Waals surface area contributed by atoms with E-state index >= 15 is 0 Å². The number of nitrogens with zero attached hydrogens (tertiary/aromatic N) is 3. The topological polar surface area (TPSA) is 64.3 Å². The monoisotopic (exact) mass is 270 g/mol. The Morgan fingerprint density at radius 3 is 2.67 bits per heavy atom. The fourth-order valence-electron chi connectivity index (χ4n) is 2.29. The Bertz CT molecular complexity index is 376. The second-order valence-electron chi connectivity index (χ2n) is 4.99. The summed E-state index contributed by atoms with van der Waals surface area (Å²) >= 11 is 1.45. The van der Waals surface area contributed by atoms with E-state index in [4.69, 9.17) is 10.5 Å². The molecule has 6 heteroatoms. The summed E-state index contributed by atoms with van der Waals surface area (Å²) in [7, 11) is 3.78. The number of aromatic nitrogens is 2. The fraction of sp³-hybridized carbons (Fsp3) is 0.833. The fourth-order valence-corrected chi connectivity index (χ4v) is 3.06. The number of hydrogen-bond acceptors (Lipinski definition) is 6. The Hall–Kier alpha value is -0.720. The van der Waals surface area contributed by atoms with Crippen LogP contribution in [0.1, 0.15) is 44.5 Å². The molecule has 1 aliphatic carbocycles. The number of methoxy groups -OCH3 is 1. The van der Waals surface area contributed by atoms with Gasteiger partial charge in [-0.1, -0.05) is 0 Å². The van der Waals surface area contributed by atoms with Crippen molar-refractivity contribution < 1.29 is 4.74 Å². The molecule has 2 N–H and O–H groups in total. The van der Waals surface area contributed by atoms with E-state index in [1.54, 1.807) is 7.11 Å². The molecule has 1 aliphatic rings. The highest BCUT2D eigenvalue weighted by Crippen LogP contribution is 2.28. The van der Waals surface area contributed by atoms with Gasteiger partial charge in [-0.3, -0.25) is 0 Å². The molecule has 18 heavy (non-hydrogen) atoms. The van der Waals surface area contributed by atoms with Gasteiger partial charge in [-0.05, 0) is 32.6 Å². The second kappa shape index (κ2) is 5.95. The van der Waals surface area contributed by atoms with Gasteiger partial charge in [-0.15, -0.1) is 0 Å². The minimum Gasteiger partial charge on any atom is -0.374 e. The maximum absolute atomic E-state index is 5.94. The molecular weight excluding hydrogens is 248 g/mol. The summed E-state index contributed by atoms with van der Waals surface area (Å²) in [6.45, 7) is 1.96. The summed E-state index contributed by atoms with van der Waals surface area (Å²) in [5.41, 5.74) is 5.94. The SMILES string of the molecule is COC(C)c1nsc(N(C)C2CCC(N)CC2)n1. The van der Waals surface area contributed by atoms with E-state index in [9.17, 15) is 0 Å². The van der Waals surface area contributed by atoms with Crippen LogP contribution in [0.25, 0.3) is 0 Å². The zero-order valence-electron chi connectivity index (χ0n) is 11.3. The second-order valence-corrected chi connectivity index (χ2v) is 5.72. The van der Waals surface area contributed by atoms with Crippen LogP contribution in [0, 0.1) is 0 Å². The predicted molar refractivity (Wildman–Crippen MR) is 74.0 cm³/mol. The first kappa shape index (κ1) is 13.7. The average molecular weight is 270 g/mol. The van der Waals surface area contributed by atoms with E-state index < -0.39 is 0 Å². The number of rotatable bonds is 4. The average Bonchev–Trinajstić information content (AvgIpc) is 2.87. The Kier molecular flexibility index (Phi) is 4.53. The maximum Gasteiger partial charge on any atom is 0.205 e. The normalized spacial score (nSPS) is 26.0. The summed E-state index contributed by atoms with van der Waals surface area (Å²) in [5, 5.41) is 0.981. The van der Waals surface area contributed by atoms with Crippen molar-refractivity contribution in [3.05, 3.63) is 5.82 Å². The Morgan fingerprint density at radius 1 is 1.39 bits per heavy atom. The summed E-state index contributed by atoms with van der Waals surface area (Å²) in [6, 6.07) is 0.927. The highest BCUT2D eigenvalue weighted by molar-refractivity contribution is 7.09. The molecule has 0 amide bonds. The number of hydrogen-bond donors (Lipinski definition) is 1. The summed E-state index contributed by atoms with van der Waals surface area (Å²) in [5.74, 6) is 0.775. The van der Waals surface area contributed by atoms with E-state index in [1.807, 2.05) is 6.92 Å². The first-order valence-corrected chi connectivity index (χ1v) is 7.24. The van der Waals surface area contributed by atoms with Gasteiger partial charge in [0.25, 0.3) is 0 Å². The zero-order valence-corrected chi connectivity index (χ0v) is 12.1. The maximum atomic E-state index is 5.94. The number of ether oxygens (including phenoxy) is 1. The Balaban J connectivity index is 2.00.